The predicted molar refractivity (Wildman–Crippen MR) is 76.6 cm³/mol. The second-order valence-corrected chi connectivity index (χ2v) is 5.32. The fourth-order valence-corrected chi connectivity index (χ4v) is 1.97. The molecule has 0 saturated carbocycles. The van der Waals surface area contributed by atoms with Crippen molar-refractivity contribution < 1.29 is 9.31 Å². The van der Waals surface area contributed by atoms with Crippen LogP contribution in [0.25, 0.3) is 0 Å². The van der Waals surface area contributed by atoms with Crippen LogP contribution in [0.1, 0.15) is 19.9 Å². The first-order valence-electron chi connectivity index (χ1n) is 5.83. The summed E-state index contributed by atoms with van der Waals surface area (Å²) in [6, 6.07) is 2.39. The predicted octanol–water partition coefficient (Wildman–Crippen LogP) is 4.02. The third-order valence-electron chi connectivity index (χ3n) is 2.64. The molecule has 20 heavy (non-hydrogen) atoms. The Morgan fingerprint density at radius 1 is 1.50 bits per heavy atom. The Morgan fingerprint density at radius 2 is 2.20 bits per heavy atom. The summed E-state index contributed by atoms with van der Waals surface area (Å²) in [5, 5.41) is 18.0. The number of aromatic nitrogens is 2. The van der Waals surface area contributed by atoms with Crippen LogP contribution < -0.4 is 5.32 Å². The molecule has 1 N–H and O–H groups in total. The normalized spacial score (nSPS) is 10.8. The fourth-order valence-electron chi connectivity index (χ4n) is 1.63. The first-order chi connectivity index (χ1) is 9.38. The van der Waals surface area contributed by atoms with Crippen molar-refractivity contribution in [1.82, 2.24) is 9.78 Å². The summed E-state index contributed by atoms with van der Waals surface area (Å²) in [5.74, 6) is -0.680. The van der Waals surface area contributed by atoms with Gasteiger partial charge in [-0.25, -0.2) is 4.39 Å². The molecule has 0 saturated heterocycles. The zero-order chi connectivity index (χ0) is 14.9. The highest BCUT2D eigenvalue weighted by atomic mass is 79.9. The molecule has 0 radical (unpaired) electrons. The zero-order valence-corrected chi connectivity index (χ0v) is 12.4. The quantitative estimate of drug-likeness (QED) is 0.672. The highest BCUT2D eigenvalue weighted by molar-refractivity contribution is 9.10. The lowest BCUT2D eigenvalue weighted by molar-refractivity contribution is -0.384. The van der Waals surface area contributed by atoms with Crippen LogP contribution in [0.2, 0.25) is 0 Å². The molecule has 1 aromatic carbocycles. The van der Waals surface area contributed by atoms with Gasteiger partial charge in [0.1, 0.15) is 11.5 Å². The molecule has 0 aliphatic heterocycles. The number of halogens is 2. The van der Waals surface area contributed by atoms with Crippen molar-refractivity contribution in [2.24, 2.45) is 0 Å². The van der Waals surface area contributed by atoms with E-state index in [1.807, 2.05) is 13.8 Å². The van der Waals surface area contributed by atoms with Crippen LogP contribution in [0.15, 0.2) is 29.0 Å². The minimum Gasteiger partial charge on any atom is -0.347 e. The van der Waals surface area contributed by atoms with Gasteiger partial charge in [0.25, 0.3) is 5.69 Å². The molecule has 0 atom stereocenters. The van der Waals surface area contributed by atoms with E-state index in [1.165, 1.54) is 6.07 Å². The van der Waals surface area contributed by atoms with Crippen molar-refractivity contribution in [1.29, 1.82) is 0 Å². The number of nitro benzene ring substituents is 1. The Kier molecular flexibility index (Phi) is 4.03. The van der Waals surface area contributed by atoms with Crippen LogP contribution in [0.4, 0.5) is 21.5 Å². The van der Waals surface area contributed by atoms with E-state index >= 15 is 0 Å². The number of nitrogens with zero attached hydrogens (tertiary/aromatic N) is 3. The Balaban J connectivity index is 2.36. The molecule has 2 aromatic rings. The minimum atomic E-state index is -0.680. The van der Waals surface area contributed by atoms with Crippen LogP contribution in [-0.2, 0) is 0 Å². The Bertz CT molecular complexity index is 657. The lowest BCUT2D eigenvalue weighted by Crippen LogP contribution is -2.00. The monoisotopic (exact) mass is 342 g/mol. The van der Waals surface area contributed by atoms with Gasteiger partial charge in [-0.15, -0.1) is 0 Å². The molecular weight excluding hydrogens is 331 g/mol. The van der Waals surface area contributed by atoms with E-state index in [0.717, 1.165) is 6.07 Å². The molecule has 8 heteroatoms. The first kappa shape index (κ1) is 14.4. The summed E-state index contributed by atoms with van der Waals surface area (Å²) in [6.45, 7) is 3.93. The molecule has 0 aliphatic carbocycles. The Labute approximate surface area is 122 Å². The van der Waals surface area contributed by atoms with Gasteiger partial charge in [0.15, 0.2) is 0 Å². The van der Waals surface area contributed by atoms with Gasteiger partial charge < -0.3 is 5.32 Å². The molecule has 1 aromatic heterocycles. The van der Waals surface area contributed by atoms with Gasteiger partial charge in [0.2, 0.25) is 0 Å². The van der Waals surface area contributed by atoms with Crippen molar-refractivity contribution in [2.75, 3.05) is 5.32 Å². The van der Waals surface area contributed by atoms with Crippen molar-refractivity contribution >= 4 is 33.0 Å². The molecule has 106 valence electrons. The summed E-state index contributed by atoms with van der Waals surface area (Å²) < 4.78 is 15.2. The minimum absolute atomic E-state index is 0.154. The van der Waals surface area contributed by atoms with Gasteiger partial charge in [-0.1, -0.05) is 0 Å². The zero-order valence-electron chi connectivity index (χ0n) is 10.8. The second kappa shape index (κ2) is 5.58. The summed E-state index contributed by atoms with van der Waals surface area (Å²) in [4.78, 5) is 10.3. The van der Waals surface area contributed by atoms with Gasteiger partial charge in [-0.3, -0.25) is 14.8 Å². The highest BCUT2D eigenvalue weighted by Crippen LogP contribution is 2.32. The average Bonchev–Trinajstić information content (AvgIpc) is 2.82. The van der Waals surface area contributed by atoms with Crippen LogP contribution in [0, 0.1) is 15.9 Å². The van der Waals surface area contributed by atoms with Crippen LogP contribution in [0.5, 0.6) is 0 Å². The van der Waals surface area contributed by atoms with Crippen molar-refractivity contribution in [3.63, 3.8) is 0 Å². The SMILES string of the molecule is CC(C)n1cc(Nc2cc(Br)c(F)cc2[N+](=O)[O-])cn1. The topological polar surface area (TPSA) is 73.0 Å². The van der Waals surface area contributed by atoms with Crippen molar-refractivity contribution in [3.8, 4) is 0 Å². The number of anilines is 2. The lowest BCUT2D eigenvalue weighted by atomic mass is 10.2. The van der Waals surface area contributed by atoms with E-state index < -0.39 is 10.7 Å². The Morgan fingerprint density at radius 3 is 2.75 bits per heavy atom. The van der Waals surface area contributed by atoms with E-state index in [-0.39, 0.29) is 21.9 Å². The fraction of sp³-hybridized carbons (Fsp3) is 0.250. The maximum Gasteiger partial charge on any atom is 0.295 e. The molecule has 0 amide bonds. The van der Waals surface area contributed by atoms with Crippen molar-refractivity contribution in [2.45, 2.75) is 19.9 Å². The molecule has 2 rings (SSSR count). The molecule has 0 bridgehead atoms. The largest absolute Gasteiger partial charge is 0.347 e. The van der Waals surface area contributed by atoms with Gasteiger partial charge in [0.05, 0.1) is 27.3 Å². The van der Waals surface area contributed by atoms with E-state index in [9.17, 15) is 14.5 Å². The Hall–Kier alpha value is -1.96. The van der Waals surface area contributed by atoms with E-state index in [0.29, 0.717) is 5.69 Å². The molecule has 6 nitrogen and oxygen atoms in total. The lowest BCUT2D eigenvalue weighted by Gasteiger charge is -2.06. The maximum absolute atomic E-state index is 13.4. The average molecular weight is 343 g/mol. The smallest absolute Gasteiger partial charge is 0.295 e. The standard InChI is InChI=1S/C12H12BrFN4O2/c1-7(2)17-6-8(5-15-17)16-11-3-9(13)10(14)4-12(11)18(19)20/h3-7,16H,1-2H3. The van der Waals surface area contributed by atoms with Crippen LogP contribution in [0.3, 0.4) is 0 Å². The number of nitro groups is 1. The number of nitrogens with one attached hydrogen (secondary N) is 1. The molecular formula is C12H12BrFN4O2. The van der Waals surface area contributed by atoms with Crippen molar-refractivity contribution in [3.05, 3.63) is 44.9 Å². The summed E-state index contributed by atoms with van der Waals surface area (Å²) in [7, 11) is 0. The van der Waals surface area contributed by atoms with E-state index in [4.69, 9.17) is 0 Å². The molecule has 1 heterocycles. The molecule has 0 unspecified atom stereocenters. The first-order valence-corrected chi connectivity index (χ1v) is 6.62. The second-order valence-electron chi connectivity index (χ2n) is 4.47. The summed E-state index contributed by atoms with van der Waals surface area (Å²) >= 11 is 3.01. The highest BCUT2D eigenvalue weighted by Gasteiger charge is 2.18. The van der Waals surface area contributed by atoms with Crippen LogP contribution >= 0.6 is 15.9 Å². The third-order valence-corrected chi connectivity index (χ3v) is 3.25. The van der Waals surface area contributed by atoms with E-state index in [1.54, 1.807) is 17.1 Å². The van der Waals surface area contributed by atoms with Gasteiger partial charge in [0, 0.05) is 12.2 Å². The number of hydrogen-bond donors (Lipinski definition) is 1. The van der Waals surface area contributed by atoms with Gasteiger partial charge >= 0.3 is 0 Å². The van der Waals surface area contributed by atoms with Gasteiger partial charge in [-0.05, 0) is 35.8 Å². The molecule has 0 aliphatic rings. The van der Waals surface area contributed by atoms with E-state index in [2.05, 4.69) is 26.3 Å². The number of rotatable bonds is 4. The summed E-state index contributed by atoms with van der Waals surface area (Å²) in [5.41, 5.74) is 0.467. The maximum atomic E-state index is 13.4. The molecule has 0 spiro atoms. The number of benzene rings is 1. The third kappa shape index (κ3) is 2.96. The van der Waals surface area contributed by atoms with Gasteiger partial charge in [-0.2, -0.15) is 5.10 Å². The number of hydrogen-bond acceptors (Lipinski definition) is 4. The summed E-state index contributed by atoms with van der Waals surface area (Å²) in [6.07, 6.45) is 3.28. The molecule has 0 fully saturated rings. The van der Waals surface area contributed by atoms with Crippen LogP contribution in [-0.4, -0.2) is 14.7 Å².